The summed E-state index contributed by atoms with van der Waals surface area (Å²) in [6.45, 7) is 2.38. The monoisotopic (exact) mass is 264 g/mol. The van der Waals surface area contributed by atoms with Gasteiger partial charge in [0.1, 0.15) is 19.4 Å². The summed E-state index contributed by atoms with van der Waals surface area (Å²) in [4.78, 5) is 0. The van der Waals surface area contributed by atoms with Crippen molar-refractivity contribution in [1.29, 1.82) is 0 Å². The van der Waals surface area contributed by atoms with Crippen LogP contribution in [-0.2, 0) is 0 Å². The summed E-state index contributed by atoms with van der Waals surface area (Å²) >= 11 is 0. The first kappa shape index (κ1) is 11.8. The van der Waals surface area contributed by atoms with Crippen LogP contribution in [-0.4, -0.2) is 18.4 Å². The van der Waals surface area contributed by atoms with Crippen molar-refractivity contribution in [2.24, 2.45) is 0 Å². The number of hydrogen-bond donors (Lipinski definition) is 1. The minimum atomic E-state index is -1.17. The minimum absolute atomic E-state index is 0.252. The molecule has 19 heavy (non-hydrogen) atoms. The number of aromatic nitrogens is 1. The lowest BCUT2D eigenvalue weighted by Crippen LogP contribution is -2.15. The van der Waals surface area contributed by atoms with Gasteiger partial charge in [-0.1, -0.05) is 5.16 Å². The largest absolute Gasteiger partial charge is 0.486 e. The van der Waals surface area contributed by atoms with Crippen molar-refractivity contribution < 1.29 is 18.4 Å². The Labute approximate surface area is 109 Å². The molecule has 0 saturated heterocycles. The third-order valence-electron chi connectivity index (χ3n) is 2.94. The molecule has 1 unspecified atom stereocenters. The molecule has 0 aliphatic carbocycles. The van der Waals surface area contributed by atoms with Crippen molar-refractivity contribution >= 4 is 5.82 Å². The number of hydrogen-bond acceptors (Lipinski definition) is 5. The quantitative estimate of drug-likeness (QED) is 0.903. The molecule has 0 bridgehead atoms. The van der Waals surface area contributed by atoms with Gasteiger partial charge in [0.05, 0.1) is 0 Å². The Morgan fingerprint density at radius 3 is 2.47 bits per heavy atom. The standard InChI is InChI=1S/C13H13FN2O3/c1-7(14)8-4-11-12(18-3-2-17-11)5-9(8)10-6-13(15)16-19-10/h4-7H,2-3H2,1H3,(H2,15,16). The summed E-state index contributed by atoms with van der Waals surface area (Å²) < 4.78 is 29.8. The van der Waals surface area contributed by atoms with Gasteiger partial charge >= 0.3 is 0 Å². The predicted molar refractivity (Wildman–Crippen MR) is 66.9 cm³/mol. The highest BCUT2D eigenvalue weighted by Gasteiger charge is 2.21. The highest BCUT2D eigenvalue weighted by molar-refractivity contribution is 5.69. The van der Waals surface area contributed by atoms with Crippen molar-refractivity contribution in [3.63, 3.8) is 0 Å². The SMILES string of the molecule is CC(F)c1cc2c(cc1-c1cc(N)no1)OCCO2. The molecule has 0 amide bonds. The van der Waals surface area contributed by atoms with E-state index < -0.39 is 6.17 Å². The fourth-order valence-electron chi connectivity index (χ4n) is 2.06. The van der Waals surface area contributed by atoms with E-state index in [1.165, 1.54) is 6.92 Å². The first-order chi connectivity index (χ1) is 9.15. The molecule has 100 valence electrons. The Morgan fingerprint density at radius 2 is 1.89 bits per heavy atom. The predicted octanol–water partition coefficient (Wildman–Crippen LogP) is 2.73. The van der Waals surface area contributed by atoms with E-state index in [9.17, 15) is 4.39 Å². The van der Waals surface area contributed by atoms with Gasteiger partial charge in [-0.05, 0) is 19.1 Å². The van der Waals surface area contributed by atoms with Crippen molar-refractivity contribution in [2.45, 2.75) is 13.1 Å². The second-order valence-corrected chi connectivity index (χ2v) is 4.32. The van der Waals surface area contributed by atoms with Gasteiger partial charge in [-0.3, -0.25) is 0 Å². The molecule has 2 N–H and O–H groups in total. The molecule has 1 aromatic heterocycles. The van der Waals surface area contributed by atoms with Crippen LogP contribution >= 0.6 is 0 Å². The molecule has 0 saturated carbocycles. The molecule has 5 nitrogen and oxygen atoms in total. The lowest BCUT2D eigenvalue weighted by molar-refractivity contribution is 0.171. The zero-order valence-electron chi connectivity index (χ0n) is 10.4. The van der Waals surface area contributed by atoms with Crippen molar-refractivity contribution in [2.75, 3.05) is 18.9 Å². The number of fused-ring (bicyclic) bond motifs is 1. The van der Waals surface area contributed by atoms with Crippen molar-refractivity contribution in [1.82, 2.24) is 5.16 Å². The van der Waals surface area contributed by atoms with Crippen LogP contribution < -0.4 is 15.2 Å². The maximum atomic E-state index is 13.8. The molecule has 3 rings (SSSR count). The number of nitrogen functional groups attached to an aromatic ring is 1. The number of anilines is 1. The topological polar surface area (TPSA) is 70.5 Å². The normalized spacial score (nSPS) is 15.3. The van der Waals surface area contributed by atoms with Crippen molar-refractivity contribution in [3.05, 3.63) is 23.8 Å². The second kappa shape index (κ2) is 4.46. The average molecular weight is 264 g/mol. The lowest BCUT2D eigenvalue weighted by Gasteiger charge is -2.21. The Kier molecular flexibility index (Phi) is 2.77. The molecule has 2 aromatic rings. The van der Waals surface area contributed by atoms with Gasteiger partial charge in [-0.2, -0.15) is 0 Å². The van der Waals surface area contributed by atoms with E-state index in [2.05, 4.69) is 5.16 Å². The molecule has 1 aliphatic heterocycles. The summed E-state index contributed by atoms with van der Waals surface area (Å²) in [5.74, 6) is 1.78. The molecule has 0 radical (unpaired) electrons. The summed E-state index contributed by atoms with van der Waals surface area (Å²) in [7, 11) is 0. The van der Waals surface area contributed by atoms with E-state index in [4.69, 9.17) is 19.7 Å². The number of alkyl halides is 1. The molecule has 1 aliphatic rings. The smallest absolute Gasteiger partial charge is 0.169 e. The lowest BCUT2D eigenvalue weighted by atomic mass is 10.0. The van der Waals surface area contributed by atoms with Crippen LogP contribution in [0.1, 0.15) is 18.7 Å². The Balaban J connectivity index is 2.16. The molecular weight excluding hydrogens is 251 g/mol. The van der Waals surface area contributed by atoms with E-state index >= 15 is 0 Å². The second-order valence-electron chi connectivity index (χ2n) is 4.32. The zero-order valence-corrected chi connectivity index (χ0v) is 10.4. The number of nitrogens with two attached hydrogens (primary N) is 1. The zero-order chi connectivity index (χ0) is 13.4. The van der Waals surface area contributed by atoms with Crippen LogP contribution in [0, 0.1) is 0 Å². The first-order valence-corrected chi connectivity index (χ1v) is 5.95. The van der Waals surface area contributed by atoms with Gasteiger partial charge in [-0.25, -0.2) is 4.39 Å². The number of benzene rings is 1. The van der Waals surface area contributed by atoms with E-state index in [1.54, 1.807) is 18.2 Å². The van der Waals surface area contributed by atoms with Crippen LogP contribution in [0.4, 0.5) is 10.2 Å². The Morgan fingerprint density at radius 1 is 1.21 bits per heavy atom. The average Bonchev–Trinajstić information content (AvgIpc) is 2.83. The van der Waals surface area contributed by atoms with E-state index in [0.717, 1.165) is 0 Å². The molecular formula is C13H13FN2O3. The molecule has 0 spiro atoms. The van der Waals surface area contributed by atoms with Crippen LogP contribution in [0.2, 0.25) is 0 Å². The van der Waals surface area contributed by atoms with Gasteiger partial charge in [-0.15, -0.1) is 0 Å². The van der Waals surface area contributed by atoms with E-state index in [-0.39, 0.29) is 5.82 Å². The molecule has 6 heteroatoms. The summed E-state index contributed by atoms with van der Waals surface area (Å²) in [6.07, 6.45) is -1.17. The minimum Gasteiger partial charge on any atom is -0.486 e. The number of nitrogens with zero attached hydrogens (tertiary/aromatic N) is 1. The third kappa shape index (κ3) is 2.09. The molecule has 1 aromatic carbocycles. The fourth-order valence-corrected chi connectivity index (χ4v) is 2.06. The van der Waals surface area contributed by atoms with Crippen LogP contribution in [0.5, 0.6) is 11.5 Å². The van der Waals surface area contributed by atoms with Crippen LogP contribution in [0.15, 0.2) is 22.7 Å². The Hall–Kier alpha value is -2.24. The molecule has 2 heterocycles. The van der Waals surface area contributed by atoms with E-state index in [1.807, 2.05) is 0 Å². The first-order valence-electron chi connectivity index (χ1n) is 5.95. The number of ether oxygens (including phenoxy) is 2. The molecule has 1 atom stereocenters. The summed E-state index contributed by atoms with van der Waals surface area (Å²) in [5, 5.41) is 3.61. The van der Waals surface area contributed by atoms with Gasteiger partial charge in [0.15, 0.2) is 23.1 Å². The number of rotatable bonds is 2. The van der Waals surface area contributed by atoms with E-state index in [0.29, 0.717) is 41.6 Å². The van der Waals surface area contributed by atoms with Crippen LogP contribution in [0.3, 0.4) is 0 Å². The van der Waals surface area contributed by atoms with Gasteiger partial charge in [0, 0.05) is 17.2 Å². The summed E-state index contributed by atoms with van der Waals surface area (Å²) in [6, 6.07) is 4.88. The van der Waals surface area contributed by atoms with Crippen LogP contribution in [0.25, 0.3) is 11.3 Å². The van der Waals surface area contributed by atoms with Gasteiger partial charge in [0.2, 0.25) is 0 Å². The van der Waals surface area contributed by atoms with Gasteiger partial charge < -0.3 is 19.7 Å². The maximum absolute atomic E-state index is 13.8. The Bertz CT molecular complexity index is 610. The highest BCUT2D eigenvalue weighted by atomic mass is 19.1. The number of halogens is 1. The highest BCUT2D eigenvalue weighted by Crippen LogP contribution is 2.40. The molecule has 0 fully saturated rings. The van der Waals surface area contributed by atoms with Crippen molar-refractivity contribution in [3.8, 4) is 22.8 Å². The maximum Gasteiger partial charge on any atom is 0.169 e. The third-order valence-corrected chi connectivity index (χ3v) is 2.94. The summed E-state index contributed by atoms with van der Waals surface area (Å²) in [5.41, 5.74) is 6.56. The van der Waals surface area contributed by atoms with Gasteiger partial charge in [0.25, 0.3) is 0 Å². The fraction of sp³-hybridized carbons (Fsp3) is 0.308.